The van der Waals surface area contributed by atoms with Crippen molar-refractivity contribution < 1.29 is 12.8 Å². The summed E-state index contributed by atoms with van der Waals surface area (Å²) in [6.45, 7) is 0. The Morgan fingerprint density at radius 3 is 1.86 bits per heavy atom. The normalized spacial score (nSPS) is 6.57. The molecule has 0 aromatic heterocycles. The van der Waals surface area contributed by atoms with Crippen molar-refractivity contribution in [2.24, 2.45) is 0 Å². The average Bonchev–Trinajstić information content (AvgIpc) is 1.36. The molecule has 0 rings (SSSR count). The minimum Gasteiger partial charge on any atom is -1.00 e. The smallest absolute Gasteiger partial charge is 1.00 e. The van der Waals surface area contributed by atoms with Crippen LogP contribution in [0.25, 0.3) is 0 Å². The van der Waals surface area contributed by atoms with E-state index in [1.807, 2.05) is 0 Å². The third kappa shape index (κ3) is 7.23. The van der Waals surface area contributed by atoms with Gasteiger partial charge in [-0.05, 0) is 25.6 Å². The number of hydrogen-bond donors (Lipinski definition) is 3. The summed E-state index contributed by atoms with van der Waals surface area (Å²) in [6, 6.07) is 0. The fourth-order valence-electron chi connectivity index (χ4n) is 0. The van der Waals surface area contributed by atoms with E-state index in [2.05, 4.69) is 25.6 Å². The van der Waals surface area contributed by atoms with Crippen LogP contribution in [-0.4, -0.2) is 52.6 Å². The molecule has 1 N–H and O–H groups in total. The van der Waals surface area contributed by atoms with E-state index >= 15 is 0 Å². The first-order chi connectivity index (χ1) is 2.64. The molecule has 0 spiro atoms. The molecule has 0 heterocycles. The molecular formula is CH5CaNO2S2. The molecule has 0 aliphatic heterocycles. The molecular weight excluding hydrogens is 162 g/mol. The zero-order valence-corrected chi connectivity index (χ0v) is 7.40. The molecule has 0 saturated heterocycles. The maximum atomic E-state index is 9.47. The fraction of sp³-hybridized carbons (Fsp3) is 0. The molecule has 0 aromatic rings. The van der Waals surface area contributed by atoms with Crippen molar-refractivity contribution in [3.8, 4) is 0 Å². The standard InChI is InChI=1S/CH3NO2S2.Ca.2H/c3-1(4)2(5)6;;;/h5-6H,(H,3,4);;;/q;+2;2*-1. The molecule has 1 amide bonds. The van der Waals surface area contributed by atoms with E-state index in [0.29, 0.717) is 3.71 Å². The van der Waals surface area contributed by atoms with Crippen molar-refractivity contribution in [1.82, 2.24) is 3.71 Å². The van der Waals surface area contributed by atoms with E-state index in [0.717, 1.165) is 0 Å². The molecule has 0 fully saturated rings. The van der Waals surface area contributed by atoms with Crippen LogP contribution in [0.3, 0.4) is 0 Å². The number of carboxylic acid groups (broad SMARTS) is 1. The van der Waals surface area contributed by atoms with Gasteiger partial charge in [0.15, 0.2) is 0 Å². The van der Waals surface area contributed by atoms with E-state index in [9.17, 15) is 4.79 Å². The van der Waals surface area contributed by atoms with Crippen LogP contribution in [0.15, 0.2) is 0 Å². The van der Waals surface area contributed by atoms with Gasteiger partial charge in [0.05, 0.1) is 0 Å². The minimum atomic E-state index is -1.18. The molecule has 0 aliphatic carbocycles. The quantitative estimate of drug-likeness (QED) is 0.363. The maximum Gasteiger partial charge on any atom is 2.00 e. The topological polar surface area (TPSA) is 40.5 Å². The van der Waals surface area contributed by atoms with Crippen LogP contribution in [0.1, 0.15) is 2.85 Å². The average molecular weight is 167 g/mol. The van der Waals surface area contributed by atoms with Crippen LogP contribution in [0.5, 0.6) is 0 Å². The summed E-state index contributed by atoms with van der Waals surface area (Å²) in [5.41, 5.74) is 0. The van der Waals surface area contributed by atoms with Crippen molar-refractivity contribution in [3.05, 3.63) is 0 Å². The van der Waals surface area contributed by atoms with E-state index in [1.54, 1.807) is 0 Å². The van der Waals surface area contributed by atoms with Gasteiger partial charge in [0.25, 0.3) is 0 Å². The van der Waals surface area contributed by atoms with Crippen molar-refractivity contribution in [2.75, 3.05) is 0 Å². The van der Waals surface area contributed by atoms with E-state index < -0.39 is 6.09 Å². The summed E-state index contributed by atoms with van der Waals surface area (Å²) in [4.78, 5) is 9.47. The van der Waals surface area contributed by atoms with E-state index in [4.69, 9.17) is 5.11 Å². The van der Waals surface area contributed by atoms with Gasteiger partial charge in [0.2, 0.25) is 0 Å². The van der Waals surface area contributed by atoms with Crippen LogP contribution in [0.4, 0.5) is 4.79 Å². The van der Waals surface area contributed by atoms with Crippen LogP contribution >= 0.6 is 25.6 Å². The molecule has 0 atom stereocenters. The monoisotopic (exact) mass is 167 g/mol. The van der Waals surface area contributed by atoms with Crippen molar-refractivity contribution >= 4 is 69.5 Å². The third-order valence-corrected chi connectivity index (χ3v) is 0.513. The largest absolute Gasteiger partial charge is 2.00 e. The Hall–Kier alpha value is 1.23. The second kappa shape index (κ2) is 5.37. The first kappa shape index (κ1) is 11.1. The fourth-order valence-corrected chi connectivity index (χ4v) is 0. The summed E-state index contributed by atoms with van der Waals surface area (Å²) in [7, 11) is 0. The van der Waals surface area contributed by atoms with Crippen LogP contribution in [0, 0.1) is 0 Å². The predicted molar refractivity (Wildman–Crippen MR) is 35.8 cm³/mol. The predicted octanol–water partition coefficient (Wildman–Crippen LogP) is 0.500. The SMILES string of the molecule is O=C(O)N(S)S.[Ca+2].[H-].[H-]. The number of rotatable bonds is 0. The second-order valence-corrected chi connectivity index (χ2v) is 1.69. The zero-order valence-electron chi connectivity index (χ0n) is 5.40. The van der Waals surface area contributed by atoms with Crippen LogP contribution in [-0.2, 0) is 0 Å². The van der Waals surface area contributed by atoms with Crippen molar-refractivity contribution in [1.29, 1.82) is 0 Å². The Kier molecular flexibility index (Phi) is 8.50. The van der Waals surface area contributed by atoms with E-state index in [-0.39, 0.29) is 40.6 Å². The first-order valence-electron chi connectivity index (χ1n) is 1.05. The van der Waals surface area contributed by atoms with Gasteiger partial charge in [-0.1, -0.05) is 0 Å². The summed E-state index contributed by atoms with van der Waals surface area (Å²) >= 11 is 6.58. The van der Waals surface area contributed by atoms with Crippen LogP contribution in [0.2, 0.25) is 0 Å². The third-order valence-electron chi connectivity index (χ3n) is 0.171. The Morgan fingerprint density at radius 1 is 1.71 bits per heavy atom. The number of amides is 1. The van der Waals surface area contributed by atoms with Gasteiger partial charge >= 0.3 is 43.8 Å². The van der Waals surface area contributed by atoms with Gasteiger partial charge in [-0.3, -0.25) is 0 Å². The maximum absolute atomic E-state index is 9.47. The molecule has 0 bridgehead atoms. The second-order valence-electron chi connectivity index (χ2n) is 0.572. The van der Waals surface area contributed by atoms with Crippen molar-refractivity contribution in [2.45, 2.75) is 0 Å². The molecule has 0 aromatic carbocycles. The molecule has 3 nitrogen and oxygen atoms in total. The molecule has 0 aliphatic rings. The van der Waals surface area contributed by atoms with Gasteiger partial charge in [-0.25, -0.2) is 4.79 Å². The minimum absolute atomic E-state index is 0. The van der Waals surface area contributed by atoms with Gasteiger partial charge in [0, 0.05) is 0 Å². The summed E-state index contributed by atoms with van der Waals surface area (Å²) < 4.78 is 0.472. The van der Waals surface area contributed by atoms with Crippen LogP contribution < -0.4 is 0 Å². The number of nitrogens with zero attached hydrogens (tertiary/aromatic N) is 1. The first-order valence-corrected chi connectivity index (χ1v) is 1.85. The van der Waals surface area contributed by atoms with Gasteiger partial charge in [-0.15, -0.1) is 0 Å². The Morgan fingerprint density at radius 2 is 1.86 bits per heavy atom. The molecule has 0 radical (unpaired) electrons. The number of hydrogen-bond acceptors (Lipinski definition) is 3. The van der Waals surface area contributed by atoms with Gasteiger partial charge in [-0.2, -0.15) is 3.71 Å². The van der Waals surface area contributed by atoms with Gasteiger partial charge < -0.3 is 7.96 Å². The number of carbonyl (C=O) groups is 1. The summed E-state index contributed by atoms with van der Waals surface area (Å²) in [5, 5.41) is 7.76. The Bertz CT molecular complexity index is 73.6. The number of thiol groups is 2. The summed E-state index contributed by atoms with van der Waals surface area (Å²) in [5.74, 6) is 0. The summed E-state index contributed by atoms with van der Waals surface area (Å²) in [6.07, 6.45) is -1.18. The van der Waals surface area contributed by atoms with E-state index in [1.165, 1.54) is 0 Å². The Balaban J connectivity index is -0.0000000417. The zero-order chi connectivity index (χ0) is 5.15. The van der Waals surface area contributed by atoms with Gasteiger partial charge in [0.1, 0.15) is 0 Å². The Labute approximate surface area is 85.1 Å². The van der Waals surface area contributed by atoms with Crippen molar-refractivity contribution in [3.63, 3.8) is 0 Å². The molecule has 0 unspecified atom stereocenters. The molecule has 40 valence electrons. The molecule has 0 saturated carbocycles. The molecule has 6 heteroatoms. The molecule has 7 heavy (non-hydrogen) atoms.